The standard InChI is InChI=1S/C7H3F3NO2/c8-3-1-2-4(11-7(12)13)6(10)5(3)9/h1-2,11H. The van der Waals surface area contributed by atoms with Crippen LogP contribution in [0.4, 0.5) is 23.7 Å². The Morgan fingerprint density at radius 2 is 1.77 bits per heavy atom. The molecule has 0 fully saturated rings. The van der Waals surface area contributed by atoms with Gasteiger partial charge in [0.15, 0.2) is 17.5 Å². The molecule has 0 heterocycles. The Morgan fingerprint density at radius 1 is 1.15 bits per heavy atom. The highest BCUT2D eigenvalue weighted by molar-refractivity contribution is 5.82. The van der Waals surface area contributed by atoms with Gasteiger partial charge in [0, 0.05) is 0 Å². The Bertz CT molecular complexity index is 354. The van der Waals surface area contributed by atoms with Gasteiger partial charge in [0.1, 0.15) is 0 Å². The Balaban J connectivity index is 3.10. The molecule has 1 aromatic carbocycles. The molecule has 1 N–H and O–H groups in total. The minimum absolute atomic E-state index is 0.601. The fourth-order valence-corrected chi connectivity index (χ4v) is 0.732. The van der Waals surface area contributed by atoms with Crippen LogP contribution < -0.4 is 5.32 Å². The highest BCUT2D eigenvalue weighted by Crippen LogP contribution is 2.19. The highest BCUT2D eigenvalue weighted by atomic mass is 19.2. The van der Waals surface area contributed by atoms with Crippen molar-refractivity contribution in [3.8, 4) is 0 Å². The van der Waals surface area contributed by atoms with Gasteiger partial charge in [0.05, 0.1) is 5.69 Å². The van der Waals surface area contributed by atoms with Crippen molar-refractivity contribution in [1.82, 2.24) is 0 Å². The number of nitrogens with one attached hydrogen (secondary N) is 1. The van der Waals surface area contributed by atoms with Gasteiger partial charge >= 0.3 is 6.09 Å². The average Bonchev–Trinajstić information content (AvgIpc) is 2.06. The summed E-state index contributed by atoms with van der Waals surface area (Å²) in [6, 6.07) is 1.35. The molecule has 0 aromatic heterocycles. The largest absolute Gasteiger partial charge is 0.455 e. The van der Waals surface area contributed by atoms with Crippen LogP contribution in [0.5, 0.6) is 0 Å². The first kappa shape index (κ1) is 9.37. The van der Waals surface area contributed by atoms with Gasteiger partial charge in [-0.05, 0) is 12.1 Å². The first-order valence-corrected chi connectivity index (χ1v) is 3.14. The minimum Gasteiger partial charge on any atom is -0.285 e. The molecule has 6 heteroatoms. The number of anilines is 1. The zero-order valence-electron chi connectivity index (χ0n) is 6.11. The van der Waals surface area contributed by atoms with E-state index >= 15 is 0 Å². The molecule has 13 heavy (non-hydrogen) atoms. The summed E-state index contributed by atoms with van der Waals surface area (Å²) in [6.45, 7) is 0. The van der Waals surface area contributed by atoms with E-state index in [1.807, 2.05) is 0 Å². The van der Waals surface area contributed by atoms with Crippen LogP contribution in [-0.4, -0.2) is 6.09 Å². The van der Waals surface area contributed by atoms with Gasteiger partial charge in [0.2, 0.25) is 0 Å². The maximum Gasteiger partial charge on any atom is 0.455 e. The summed E-state index contributed by atoms with van der Waals surface area (Å²) in [7, 11) is 0. The second kappa shape index (κ2) is 3.34. The van der Waals surface area contributed by atoms with E-state index < -0.39 is 29.2 Å². The summed E-state index contributed by atoms with van der Waals surface area (Å²) < 4.78 is 37.4. The van der Waals surface area contributed by atoms with Crippen LogP contribution in [-0.2, 0) is 5.11 Å². The Hall–Kier alpha value is -1.72. The molecule has 0 bridgehead atoms. The maximum absolute atomic E-state index is 12.7. The van der Waals surface area contributed by atoms with Crippen LogP contribution in [0.15, 0.2) is 12.1 Å². The van der Waals surface area contributed by atoms with Crippen LogP contribution in [0, 0.1) is 17.5 Å². The van der Waals surface area contributed by atoms with E-state index in [1.165, 1.54) is 5.32 Å². The van der Waals surface area contributed by atoms with Crippen LogP contribution >= 0.6 is 0 Å². The number of carbonyl (C=O) groups is 1. The van der Waals surface area contributed by atoms with Gasteiger partial charge in [-0.2, -0.15) is 0 Å². The zero-order chi connectivity index (χ0) is 10.0. The summed E-state index contributed by atoms with van der Waals surface area (Å²) in [4.78, 5) is 9.91. The van der Waals surface area contributed by atoms with Crippen molar-refractivity contribution in [3.05, 3.63) is 29.6 Å². The van der Waals surface area contributed by atoms with Crippen LogP contribution in [0.3, 0.4) is 0 Å². The van der Waals surface area contributed by atoms with E-state index in [0.717, 1.165) is 6.07 Å². The first-order valence-electron chi connectivity index (χ1n) is 3.14. The van der Waals surface area contributed by atoms with Crippen molar-refractivity contribution in [2.45, 2.75) is 0 Å². The quantitative estimate of drug-likeness (QED) is 0.677. The van der Waals surface area contributed by atoms with Gasteiger partial charge in [-0.25, -0.2) is 23.1 Å². The van der Waals surface area contributed by atoms with Crippen molar-refractivity contribution in [1.29, 1.82) is 0 Å². The molecule has 0 aliphatic heterocycles. The third-order valence-electron chi connectivity index (χ3n) is 1.27. The molecule has 0 atom stereocenters. The topological polar surface area (TPSA) is 49.0 Å². The van der Waals surface area contributed by atoms with E-state index in [4.69, 9.17) is 0 Å². The summed E-state index contributed by atoms with van der Waals surface area (Å²) in [5.41, 5.74) is -0.682. The van der Waals surface area contributed by atoms with Gasteiger partial charge in [0.25, 0.3) is 0 Å². The lowest BCUT2D eigenvalue weighted by atomic mass is 10.3. The average molecular weight is 190 g/mol. The zero-order valence-corrected chi connectivity index (χ0v) is 6.11. The molecule has 0 aliphatic carbocycles. The van der Waals surface area contributed by atoms with Gasteiger partial charge < -0.3 is 0 Å². The number of benzene rings is 1. The molecule has 0 aliphatic rings. The number of carbonyl (C=O) groups excluding carboxylic acids is 1. The predicted octanol–water partition coefficient (Wildman–Crippen LogP) is 2.07. The summed E-state index contributed by atoms with van der Waals surface area (Å²) in [5, 5.41) is 11.4. The first-order chi connectivity index (χ1) is 6.02. The number of rotatable bonds is 1. The van der Waals surface area contributed by atoms with E-state index in [-0.39, 0.29) is 0 Å². The maximum atomic E-state index is 12.7. The second-order valence-corrected chi connectivity index (χ2v) is 2.14. The summed E-state index contributed by atoms with van der Waals surface area (Å²) in [5.74, 6) is -4.71. The van der Waals surface area contributed by atoms with Crippen LogP contribution in [0.2, 0.25) is 0 Å². The van der Waals surface area contributed by atoms with Crippen molar-refractivity contribution in [3.63, 3.8) is 0 Å². The fraction of sp³-hybridized carbons (Fsp3) is 0. The monoisotopic (exact) mass is 190 g/mol. The van der Waals surface area contributed by atoms with Crippen molar-refractivity contribution in [2.75, 3.05) is 5.32 Å². The number of hydrogen-bond acceptors (Lipinski definition) is 1. The van der Waals surface area contributed by atoms with Gasteiger partial charge in [-0.3, -0.25) is 5.32 Å². The summed E-state index contributed by atoms with van der Waals surface area (Å²) >= 11 is 0. The number of halogens is 3. The third-order valence-corrected chi connectivity index (χ3v) is 1.27. The van der Waals surface area contributed by atoms with Crippen molar-refractivity contribution >= 4 is 11.8 Å². The lowest BCUT2D eigenvalue weighted by Crippen LogP contribution is -2.08. The molecule has 69 valence electrons. The van der Waals surface area contributed by atoms with Gasteiger partial charge in [-0.1, -0.05) is 0 Å². The molecule has 0 unspecified atom stereocenters. The lowest BCUT2D eigenvalue weighted by molar-refractivity contribution is 0.185. The van der Waals surface area contributed by atoms with Crippen LogP contribution in [0.25, 0.3) is 0 Å². The Kier molecular flexibility index (Phi) is 2.41. The van der Waals surface area contributed by atoms with Crippen LogP contribution in [0.1, 0.15) is 0 Å². The summed E-state index contributed by atoms with van der Waals surface area (Å²) in [6.07, 6.45) is -1.80. The number of amides is 1. The Morgan fingerprint density at radius 3 is 2.31 bits per heavy atom. The molecule has 0 saturated heterocycles. The van der Waals surface area contributed by atoms with E-state index in [9.17, 15) is 23.1 Å². The lowest BCUT2D eigenvalue weighted by Gasteiger charge is -2.01. The van der Waals surface area contributed by atoms with E-state index in [2.05, 4.69) is 0 Å². The van der Waals surface area contributed by atoms with Gasteiger partial charge in [-0.15, -0.1) is 0 Å². The molecule has 1 rings (SSSR count). The van der Waals surface area contributed by atoms with E-state index in [1.54, 1.807) is 0 Å². The van der Waals surface area contributed by atoms with E-state index in [0.29, 0.717) is 6.07 Å². The normalized spacial score (nSPS) is 9.77. The van der Waals surface area contributed by atoms with Crippen molar-refractivity contribution < 1.29 is 23.1 Å². The smallest absolute Gasteiger partial charge is 0.285 e. The fourth-order valence-electron chi connectivity index (χ4n) is 0.732. The second-order valence-electron chi connectivity index (χ2n) is 2.14. The third kappa shape index (κ3) is 1.90. The molecule has 1 radical (unpaired) electrons. The molecule has 0 saturated carbocycles. The predicted molar refractivity (Wildman–Crippen MR) is 36.0 cm³/mol. The molecular formula is C7H3F3NO2. The Labute approximate surface area is 70.8 Å². The molecule has 1 aromatic rings. The minimum atomic E-state index is -1.80. The molecule has 0 spiro atoms. The highest BCUT2D eigenvalue weighted by Gasteiger charge is 2.14. The SMILES string of the molecule is [O]C(=O)Nc1ccc(F)c(F)c1F. The number of hydrogen-bond donors (Lipinski definition) is 1. The molecule has 1 amide bonds. The molecule has 3 nitrogen and oxygen atoms in total. The molecular weight excluding hydrogens is 187 g/mol. The van der Waals surface area contributed by atoms with Crippen molar-refractivity contribution in [2.24, 2.45) is 0 Å².